The van der Waals surface area contributed by atoms with Crippen LogP contribution in [0.2, 0.25) is 0 Å². The van der Waals surface area contributed by atoms with Gasteiger partial charge in [0.2, 0.25) is 0 Å². The third-order valence-corrected chi connectivity index (χ3v) is 4.60. The fourth-order valence-electron chi connectivity index (χ4n) is 1.50. The molecule has 4 unspecified atom stereocenters. The van der Waals surface area contributed by atoms with E-state index in [1.807, 2.05) is 6.92 Å². The van der Waals surface area contributed by atoms with E-state index in [1.54, 1.807) is 6.92 Å². The van der Waals surface area contributed by atoms with Gasteiger partial charge in [-0.2, -0.15) is 0 Å². The minimum atomic E-state index is -1.08. The van der Waals surface area contributed by atoms with Crippen LogP contribution in [-0.2, 0) is 20.3 Å². The van der Waals surface area contributed by atoms with Gasteiger partial charge < -0.3 is 9.84 Å². The molecule has 1 heterocycles. The standard InChI is InChI=1S/C9H16O4S/c1-6(9(10)11)5-14(12)8-3-4-13-7(8)2/h6-8H,3-5H2,1-2H3,(H,10,11). The van der Waals surface area contributed by atoms with Gasteiger partial charge in [-0.25, -0.2) is 0 Å². The molecule has 0 radical (unpaired) electrons. The van der Waals surface area contributed by atoms with Gasteiger partial charge in [-0.1, -0.05) is 6.92 Å². The van der Waals surface area contributed by atoms with Crippen molar-refractivity contribution in [2.24, 2.45) is 5.92 Å². The van der Waals surface area contributed by atoms with Crippen LogP contribution in [0.5, 0.6) is 0 Å². The maximum absolute atomic E-state index is 11.7. The van der Waals surface area contributed by atoms with Crippen LogP contribution < -0.4 is 0 Å². The maximum Gasteiger partial charge on any atom is 0.307 e. The second-order valence-corrected chi connectivity index (χ2v) is 5.39. The number of rotatable bonds is 4. The van der Waals surface area contributed by atoms with Crippen molar-refractivity contribution in [1.29, 1.82) is 0 Å². The molecule has 5 heteroatoms. The first-order valence-electron chi connectivity index (χ1n) is 4.74. The molecular weight excluding hydrogens is 204 g/mol. The van der Waals surface area contributed by atoms with Crippen LogP contribution in [-0.4, -0.2) is 39.0 Å². The van der Waals surface area contributed by atoms with E-state index in [9.17, 15) is 9.00 Å². The molecule has 4 atom stereocenters. The van der Waals surface area contributed by atoms with Gasteiger partial charge in [0.15, 0.2) is 0 Å². The molecule has 0 spiro atoms. The van der Waals surface area contributed by atoms with Crippen molar-refractivity contribution in [3.05, 3.63) is 0 Å². The number of ether oxygens (including phenoxy) is 1. The third kappa shape index (κ3) is 2.78. The van der Waals surface area contributed by atoms with Gasteiger partial charge in [0, 0.05) is 23.2 Å². The Hall–Kier alpha value is -0.420. The fraction of sp³-hybridized carbons (Fsp3) is 0.889. The molecule has 1 rings (SSSR count). The minimum absolute atomic E-state index is 0.00294. The minimum Gasteiger partial charge on any atom is -0.481 e. The zero-order valence-corrected chi connectivity index (χ0v) is 9.25. The summed E-state index contributed by atoms with van der Waals surface area (Å²) in [4.78, 5) is 10.6. The smallest absolute Gasteiger partial charge is 0.307 e. The van der Waals surface area contributed by atoms with Crippen molar-refractivity contribution < 1.29 is 18.8 Å². The number of carboxylic acids is 1. The van der Waals surface area contributed by atoms with E-state index in [-0.39, 0.29) is 17.1 Å². The van der Waals surface area contributed by atoms with Crippen LogP contribution in [0.1, 0.15) is 20.3 Å². The number of carbonyl (C=O) groups is 1. The molecular formula is C9H16O4S. The average molecular weight is 220 g/mol. The zero-order valence-electron chi connectivity index (χ0n) is 8.43. The average Bonchev–Trinajstić information content (AvgIpc) is 2.51. The Balaban J connectivity index is 2.45. The molecule has 0 amide bonds. The van der Waals surface area contributed by atoms with E-state index in [2.05, 4.69) is 0 Å². The highest BCUT2D eigenvalue weighted by molar-refractivity contribution is 7.85. The van der Waals surface area contributed by atoms with Crippen molar-refractivity contribution in [1.82, 2.24) is 0 Å². The third-order valence-electron chi connectivity index (χ3n) is 2.48. The lowest BCUT2D eigenvalue weighted by molar-refractivity contribution is -0.140. The lowest BCUT2D eigenvalue weighted by atomic mass is 10.2. The summed E-state index contributed by atoms with van der Waals surface area (Å²) >= 11 is 0. The van der Waals surface area contributed by atoms with Gasteiger partial charge in [0.1, 0.15) is 0 Å². The monoisotopic (exact) mass is 220 g/mol. The topological polar surface area (TPSA) is 63.6 Å². The van der Waals surface area contributed by atoms with E-state index in [1.165, 1.54) is 0 Å². The molecule has 1 N–H and O–H groups in total. The lowest BCUT2D eigenvalue weighted by Crippen LogP contribution is -2.29. The predicted molar refractivity (Wildman–Crippen MR) is 53.6 cm³/mol. The summed E-state index contributed by atoms with van der Waals surface area (Å²) in [5, 5.41) is 8.68. The Morgan fingerprint density at radius 3 is 2.79 bits per heavy atom. The molecule has 0 aliphatic carbocycles. The number of hydrogen-bond donors (Lipinski definition) is 1. The molecule has 1 aliphatic rings. The second-order valence-electron chi connectivity index (χ2n) is 3.69. The highest BCUT2D eigenvalue weighted by Crippen LogP contribution is 2.20. The quantitative estimate of drug-likeness (QED) is 0.755. The Morgan fingerprint density at radius 1 is 1.71 bits per heavy atom. The first-order valence-corrected chi connectivity index (χ1v) is 6.12. The second kappa shape index (κ2) is 4.89. The molecule has 0 aromatic rings. The number of carboxylic acid groups (broad SMARTS) is 1. The van der Waals surface area contributed by atoms with Crippen LogP contribution in [0.15, 0.2) is 0 Å². The Kier molecular flexibility index (Phi) is 4.07. The highest BCUT2D eigenvalue weighted by atomic mass is 32.2. The van der Waals surface area contributed by atoms with E-state index in [4.69, 9.17) is 9.84 Å². The molecule has 1 aliphatic heterocycles. The van der Waals surface area contributed by atoms with Crippen molar-refractivity contribution in [3.8, 4) is 0 Å². The summed E-state index contributed by atoms with van der Waals surface area (Å²) in [6.07, 6.45) is 0.775. The Bertz CT molecular complexity index is 241. The molecule has 1 saturated heterocycles. The zero-order chi connectivity index (χ0) is 10.7. The van der Waals surface area contributed by atoms with Crippen molar-refractivity contribution in [2.45, 2.75) is 31.6 Å². The molecule has 0 aromatic heterocycles. The van der Waals surface area contributed by atoms with Crippen LogP contribution in [0.3, 0.4) is 0 Å². The summed E-state index contributed by atoms with van der Waals surface area (Å²) in [5.41, 5.74) is 0. The first kappa shape index (κ1) is 11.7. The van der Waals surface area contributed by atoms with Crippen LogP contribution in [0.25, 0.3) is 0 Å². The van der Waals surface area contributed by atoms with Gasteiger partial charge in [0.05, 0.1) is 17.3 Å². The molecule has 1 fully saturated rings. The van der Waals surface area contributed by atoms with E-state index >= 15 is 0 Å². The van der Waals surface area contributed by atoms with E-state index in [0.717, 1.165) is 6.42 Å². The fourth-order valence-corrected chi connectivity index (χ4v) is 3.25. The van der Waals surface area contributed by atoms with E-state index in [0.29, 0.717) is 6.61 Å². The van der Waals surface area contributed by atoms with Crippen LogP contribution >= 0.6 is 0 Å². The van der Waals surface area contributed by atoms with Crippen molar-refractivity contribution in [3.63, 3.8) is 0 Å². The van der Waals surface area contributed by atoms with Crippen LogP contribution in [0.4, 0.5) is 0 Å². The maximum atomic E-state index is 11.7. The molecule has 0 bridgehead atoms. The summed E-state index contributed by atoms with van der Waals surface area (Å²) in [7, 11) is -1.08. The van der Waals surface area contributed by atoms with Crippen LogP contribution in [0, 0.1) is 5.92 Å². The normalized spacial score (nSPS) is 31.3. The van der Waals surface area contributed by atoms with E-state index < -0.39 is 22.7 Å². The summed E-state index contributed by atoms with van der Waals surface area (Å²) in [5.74, 6) is -1.19. The van der Waals surface area contributed by atoms with Gasteiger partial charge in [-0.3, -0.25) is 9.00 Å². The van der Waals surface area contributed by atoms with Crippen molar-refractivity contribution in [2.75, 3.05) is 12.4 Å². The lowest BCUT2D eigenvalue weighted by Gasteiger charge is -2.14. The summed E-state index contributed by atoms with van der Waals surface area (Å²) in [6, 6.07) is 0. The molecule has 14 heavy (non-hydrogen) atoms. The summed E-state index contributed by atoms with van der Waals surface area (Å²) < 4.78 is 17.0. The Morgan fingerprint density at radius 2 is 2.36 bits per heavy atom. The van der Waals surface area contributed by atoms with Crippen molar-refractivity contribution >= 4 is 16.8 Å². The molecule has 0 aromatic carbocycles. The molecule has 4 nitrogen and oxygen atoms in total. The molecule has 0 saturated carbocycles. The number of hydrogen-bond acceptors (Lipinski definition) is 3. The summed E-state index contributed by atoms with van der Waals surface area (Å²) in [6.45, 7) is 4.11. The predicted octanol–water partition coefficient (Wildman–Crippen LogP) is 0.633. The first-order chi connectivity index (χ1) is 6.52. The van der Waals surface area contributed by atoms with Gasteiger partial charge in [-0.15, -0.1) is 0 Å². The van der Waals surface area contributed by atoms with Gasteiger partial charge in [-0.05, 0) is 13.3 Å². The highest BCUT2D eigenvalue weighted by Gasteiger charge is 2.31. The SMILES string of the molecule is CC(CS(=O)C1CCOC1C)C(=O)O. The van der Waals surface area contributed by atoms with Gasteiger partial charge >= 0.3 is 5.97 Å². The number of aliphatic carboxylic acids is 1. The molecule has 82 valence electrons. The Labute approximate surface area is 86.1 Å². The van der Waals surface area contributed by atoms with Gasteiger partial charge in [0.25, 0.3) is 0 Å². The largest absolute Gasteiger partial charge is 0.481 e.